The number of nitrogens with zero attached hydrogens (tertiary/aromatic N) is 1. The summed E-state index contributed by atoms with van der Waals surface area (Å²) < 4.78 is 12.8. The first-order valence-electron chi connectivity index (χ1n) is 7.02. The maximum Gasteiger partial charge on any atom is 0.324 e. The Labute approximate surface area is 122 Å². The van der Waals surface area contributed by atoms with Crippen molar-refractivity contribution in [2.24, 2.45) is 0 Å². The van der Waals surface area contributed by atoms with Crippen LogP contribution in [0, 0.1) is 5.82 Å². The highest BCUT2D eigenvalue weighted by molar-refractivity contribution is 5.93. The topological polar surface area (TPSA) is 69.6 Å². The molecule has 1 saturated heterocycles. The fourth-order valence-electron chi connectivity index (χ4n) is 2.87. The molecule has 0 aliphatic carbocycles. The summed E-state index contributed by atoms with van der Waals surface area (Å²) >= 11 is 0. The standard InChI is InChI=1S/C15H19FN2O3/c1-2-15(14(20)21)8-3-9-18(15)10-13(19)17-12-6-4-11(16)5-7-12/h4-7H,2-3,8-10H2,1H3,(H,17,19)(H,20,21). The molecule has 5 nitrogen and oxygen atoms in total. The minimum Gasteiger partial charge on any atom is -0.480 e. The Balaban J connectivity index is 2.01. The molecule has 1 heterocycles. The van der Waals surface area contributed by atoms with Crippen LogP contribution in [0.5, 0.6) is 0 Å². The number of carbonyl (C=O) groups is 2. The van der Waals surface area contributed by atoms with Gasteiger partial charge in [-0.2, -0.15) is 0 Å². The van der Waals surface area contributed by atoms with E-state index in [0.717, 1.165) is 6.42 Å². The Bertz CT molecular complexity index is 532. The molecular weight excluding hydrogens is 275 g/mol. The first-order valence-corrected chi connectivity index (χ1v) is 7.02. The van der Waals surface area contributed by atoms with Gasteiger partial charge in [-0.3, -0.25) is 14.5 Å². The van der Waals surface area contributed by atoms with Crippen molar-refractivity contribution in [1.29, 1.82) is 0 Å². The molecule has 2 N–H and O–H groups in total. The normalized spacial score (nSPS) is 22.2. The third kappa shape index (κ3) is 3.21. The molecule has 114 valence electrons. The van der Waals surface area contributed by atoms with E-state index in [1.807, 2.05) is 6.92 Å². The zero-order valence-corrected chi connectivity index (χ0v) is 11.9. The summed E-state index contributed by atoms with van der Waals surface area (Å²) in [6.45, 7) is 2.44. The van der Waals surface area contributed by atoms with Crippen LogP contribution in [0.3, 0.4) is 0 Å². The number of likely N-dealkylation sites (tertiary alicyclic amines) is 1. The summed E-state index contributed by atoms with van der Waals surface area (Å²) in [5.41, 5.74) is -0.446. The van der Waals surface area contributed by atoms with E-state index in [2.05, 4.69) is 5.32 Å². The molecule has 1 unspecified atom stereocenters. The van der Waals surface area contributed by atoms with Gasteiger partial charge in [-0.1, -0.05) is 6.92 Å². The molecule has 0 bridgehead atoms. The molecule has 1 aromatic carbocycles. The lowest BCUT2D eigenvalue weighted by Crippen LogP contribution is -2.52. The molecule has 1 aliphatic rings. The SMILES string of the molecule is CCC1(C(=O)O)CCCN1CC(=O)Nc1ccc(F)cc1. The highest BCUT2D eigenvalue weighted by Crippen LogP contribution is 2.32. The molecule has 0 saturated carbocycles. The zero-order chi connectivity index (χ0) is 15.5. The highest BCUT2D eigenvalue weighted by Gasteiger charge is 2.46. The van der Waals surface area contributed by atoms with Gasteiger partial charge in [-0.15, -0.1) is 0 Å². The van der Waals surface area contributed by atoms with Gasteiger partial charge in [0.25, 0.3) is 0 Å². The number of hydrogen-bond donors (Lipinski definition) is 2. The quantitative estimate of drug-likeness (QED) is 0.872. The monoisotopic (exact) mass is 294 g/mol. The van der Waals surface area contributed by atoms with Crippen LogP contribution in [0.2, 0.25) is 0 Å². The summed E-state index contributed by atoms with van der Waals surface area (Å²) in [5, 5.41) is 12.1. The summed E-state index contributed by atoms with van der Waals surface area (Å²) in [4.78, 5) is 25.3. The van der Waals surface area contributed by atoms with Gasteiger partial charge in [0.2, 0.25) is 5.91 Å². The molecule has 21 heavy (non-hydrogen) atoms. The van der Waals surface area contributed by atoms with Crippen molar-refractivity contribution >= 4 is 17.6 Å². The number of amides is 1. The van der Waals surface area contributed by atoms with E-state index in [1.165, 1.54) is 24.3 Å². The van der Waals surface area contributed by atoms with Gasteiger partial charge >= 0.3 is 5.97 Å². The molecule has 1 fully saturated rings. The molecule has 6 heteroatoms. The van der Waals surface area contributed by atoms with Crippen molar-refractivity contribution < 1.29 is 19.1 Å². The van der Waals surface area contributed by atoms with Gasteiger partial charge in [-0.25, -0.2) is 4.39 Å². The van der Waals surface area contributed by atoms with Gasteiger partial charge < -0.3 is 10.4 Å². The maximum absolute atomic E-state index is 12.8. The minimum absolute atomic E-state index is 0.0253. The van der Waals surface area contributed by atoms with Gasteiger partial charge in [0.1, 0.15) is 11.4 Å². The fourth-order valence-corrected chi connectivity index (χ4v) is 2.87. The van der Waals surface area contributed by atoms with Gasteiger partial charge in [0.05, 0.1) is 6.54 Å². The van der Waals surface area contributed by atoms with Crippen LogP contribution in [0.15, 0.2) is 24.3 Å². The van der Waals surface area contributed by atoms with Crippen LogP contribution in [0.4, 0.5) is 10.1 Å². The molecule has 0 spiro atoms. The first kappa shape index (κ1) is 15.4. The zero-order valence-electron chi connectivity index (χ0n) is 11.9. The van der Waals surface area contributed by atoms with Gasteiger partial charge in [0.15, 0.2) is 0 Å². The Kier molecular flexibility index (Phi) is 4.57. The summed E-state index contributed by atoms with van der Waals surface area (Å²) in [6, 6.07) is 5.47. The number of rotatable bonds is 5. The molecule has 1 aromatic rings. The average molecular weight is 294 g/mol. The van der Waals surface area contributed by atoms with Crippen molar-refractivity contribution in [1.82, 2.24) is 4.90 Å². The van der Waals surface area contributed by atoms with E-state index in [0.29, 0.717) is 25.1 Å². The Morgan fingerprint density at radius 3 is 2.62 bits per heavy atom. The van der Waals surface area contributed by atoms with Crippen LogP contribution in [0.25, 0.3) is 0 Å². The van der Waals surface area contributed by atoms with Crippen molar-refractivity contribution in [2.45, 2.75) is 31.7 Å². The number of aliphatic carboxylic acids is 1. The number of halogens is 1. The van der Waals surface area contributed by atoms with E-state index in [-0.39, 0.29) is 18.3 Å². The number of nitrogens with one attached hydrogen (secondary N) is 1. The van der Waals surface area contributed by atoms with E-state index < -0.39 is 11.5 Å². The third-order valence-electron chi connectivity index (χ3n) is 4.07. The van der Waals surface area contributed by atoms with Crippen LogP contribution < -0.4 is 5.32 Å². The number of hydrogen-bond acceptors (Lipinski definition) is 3. The van der Waals surface area contributed by atoms with Crippen LogP contribution >= 0.6 is 0 Å². The van der Waals surface area contributed by atoms with Crippen molar-refractivity contribution in [3.05, 3.63) is 30.1 Å². The third-order valence-corrected chi connectivity index (χ3v) is 4.07. The van der Waals surface area contributed by atoms with Crippen LogP contribution in [0.1, 0.15) is 26.2 Å². The fraction of sp³-hybridized carbons (Fsp3) is 0.467. The predicted molar refractivity (Wildman–Crippen MR) is 76.5 cm³/mol. The smallest absolute Gasteiger partial charge is 0.324 e. The lowest BCUT2D eigenvalue weighted by atomic mass is 9.93. The molecule has 0 radical (unpaired) electrons. The molecule has 1 aliphatic heterocycles. The lowest BCUT2D eigenvalue weighted by molar-refractivity contribution is -0.150. The molecule has 0 aromatic heterocycles. The van der Waals surface area contributed by atoms with Crippen molar-refractivity contribution in [3.63, 3.8) is 0 Å². The molecular formula is C15H19FN2O3. The van der Waals surface area contributed by atoms with Gasteiger partial charge in [-0.05, 0) is 50.1 Å². The highest BCUT2D eigenvalue weighted by atomic mass is 19.1. The second kappa shape index (κ2) is 6.22. The van der Waals surface area contributed by atoms with Crippen LogP contribution in [-0.4, -0.2) is 40.5 Å². The Hall–Kier alpha value is -1.95. The largest absolute Gasteiger partial charge is 0.480 e. The van der Waals surface area contributed by atoms with E-state index in [4.69, 9.17) is 0 Å². The van der Waals surface area contributed by atoms with Gasteiger partial charge in [0, 0.05) is 5.69 Å². The number of anilines is 1. The van der Waals surface area contributed by atoms with Crippen LogP contribution in [-0.2, 0) is 9.59 Å². The molecule has 1 amide bonds. The van der Waals surface area contributed by atoms with Crippen molar-refractivity contribution in [3.8, 4) is 0 Å². The summed E-state index contributed by atoms with van der Waals surface area (Å²) in [7, 11) is 0. The van der Waals surface area contributed by atoms with E-state index in [9.17, 15) is 19.1 Å². The van der Waals surface area contributed by atoms with Crippen molar-refractivity contribution in [2.75, 3.05) is 18.4 Å². The number of benzene rings is 1. The van der Waals surface area contributed by atoms with E-state index in [1.54, 1.807) is 4.90 Å². The Morgan fingerprint density at radius 2 is 2.05 bits per heavy atom. The molecule has 1 atom stereocenters. The Morgan fingerprint density at radius 1 is 1.38 bits per heavy atom. The number of carboxylic acid groups (broad SMARTS) is 1. The summed E-state index contributed by atoms with van der Waals surface area (Å²) in [5.74, 6) is -1.54. The second-order valence-electron chi connectivity index (χ2n) is 5.27. The molecule has 2 rings (SSSR count). The maximum atomic E-state index is 12.8. The van der Waals surface area contributed by atoms with E-state index >= 15 is 0 Å². The second-order valence-corrected chi connectivity index (χ2v) is 5.27. The minimum atomic E-state index is -0.944. The summed E-state index contributed by atoms with van der Waals surface area (Å²) in [6.07, 6.45) is 1.79. The predicted octanol–water partition coefficient (Wildman–Crippen LogP) is 2.09. The average Bonchev–Trinajstić information content (AvgIpc) is 2.85. The number of carbonyl (C=O) groups excluding carboxylic acids is 1. The number of carboxylic acids is 1. The lowest BCUT2D eigenvalue weighted by Gasteiger charge is -2.33. The first-order chi connectivity index (χ1) is 9.98.